The largest absolute Gasteiger partial charge is 0.352 e. The van der Waals surface area contributed by atoms with Crippen LogP contribution in [0.4, 0.5) is 5.69 Å². The van der Waals surface area contributed by atoms with E-state index in [1.54, 1.807) is 17.0 Å². The zero-order valence-corrected chi connectivity index (χ0v) is 18.2. The quantitative estimate of drug-likeness (QED) is 0.717. The molecule has 1 saturated heterocycles. The van der Waals surface area contributed by atoms with Crippen molar-refractivity contribution < 1.29 is 14.4 Å². The summed E-state index contributed by atoms with van der Waals surface area (Å²) in [5.41, 5.74) is 3.65. The van der Waals surface area contributed by atoms with Crippen molar-refractivity contribution in [2.45, 2.75) is 20.3 Å². The molecule has 164 valence electrons. The minimum Gasteiger partial charge on any atom is -0.352 e. The van der Waals surface area contributed by atoms with Crippen molar-refractivity contribution in [3.63, 3.8) is 0 Å². The second kappa shape index (κ2) is 10.7. The van der Waals surface area contributed by atoms with Gasteiger partial charge in [-0.1, -0.05) is 30.3 Å². The van der Waals surface area contributed by atoms with Gasteiger partial charge in [0.2, 0.25) is 11.8 Å². The zero-order valence-electron chi connectivity index (χ0n) is 18.2. The molecule has 1 aliphatic rings. The van der Waals surface area contributed by atoms with Crippen molar-refractivity contribution in [1.82, 2.24) is 15.1 Å². The summed E-state index contributed by atoms with van der Waals surface area (Å²) in [5.74, 6) is -0.196. The van der Waals surface area contributed by atoms with E-state index in [0.717, 1.165) is 16.8 Å². The smallest absolute Gasteiger partial charge is 0.251 e. The fourth-order valence-electron chi connectivity index (χ4n) is 3.57. The van der Waals surface area contributed by atoms with Crippen LogP contribution < -0.4 is 10.6 Å². The van der Waals surface area contributed by atoms with E-state index in [9.17, 15) is 14.4 Å². The average molecular weight is 423 g/mol. The first-order chi connectivity index (χ1) is 14.9. The molecular weight excluding hydrogens is 392 g/mol. The van der Waals surface area contributed by atoms with E-state index < -0.39 is 0 Å². The van der Waals surface area contributed by atoms with E-state index in [1.165, 1.54) is 0 Å². The molecule has 1 fully saturated rings. The molecule has 3 amide bonds. The van der Waals surface area contributed by atoms with Gasteiger partial charge in [0.1, 0.15) is 0 Å². The first kappa shape index (κ1) is 22.5. The molecule has 7 nitrogen and oxygen atoms in total. The molecular formula is C24H30N4O3. The van der Waals surface area contributed by atoms with Crippen LogP contribution in [0.1, 0.15) is 27.9 Å². The number of piperazine rings is 1. The van der Waals surface area contributed by atoms with Gasteiger partial charge in [0.25, 0.3) is 5.91 Å². The molecule has 2 aromatic rings. The maximum absolute atomic E-state index is 12.4. The standard InChI is InChI=1S/C24H30N4O3/c1-18-7-6-10-21(19(18)2)26-22(29)17-27-13-15-28(16-14-27)23(30)11-12-25-24(31)20-8-4-3-5-9-20/h3-10H,11-17H2,1-2H3,(H,25,31)(H,26,29). The summed E-state index contributed by atoms with van der Waals surface area (Å²) in [6, 6.07) is 14.8. The normalized spacial score (nSPS) is 14.2. The Hall–Kier alpha value is -3.19. The Bertz CT molecular complexity index is 922. The lowest BCUT2D eigenvalue weighted by Crippen LogP contribution is -2.50. The molecule has 0 spiro atoms. The highest BCUT2D eigenvalue weighted by Gasteiger charge is 2.22. The number of carbonyl (C=O) groups is 3. The molecule has 3 rings (SSSR count). The summed E-state index contributed by atoms with van der Waals surface area (Å²) in [6.07, 6.45) is 0.270. The predicted molar refractivity (Wildman–Crippen MR) is 121 cm³/mol. The molecule has 0 radical (unpaired) electrons. The van der Waals surface area contributed by atoms with Crippen LogP contribution in [0.15, 0.2) is 48.5 Å². The number of hydrogen-bond acceptors (Lipinski definition) is 4. The number of anilines is 1. The predicted octanol–water partition coefficient (Wildman–Crippen LogP) is 2.21. The third-order valence-electron chi connectivity index (χ3n) is 5.63. The van der Waals surface area contributed by atoms with Crippen molar-refractivity contribution in [3.8, 4) is 0 Å². The minimum absolute atomic E-state index is 0.0212. The van der Waals surface area contributed by atoms with E-state index in [1.807, 2.05) is 50.2 Å². The molecule has 1 heterocycles. The molecule has 0 unspecified atom stereocenters. The molecule has 0 atom stereocenters. The number of hydrogen-bond donors (Lipinski definition) is 2. The van der Waals surface area contributed by atoms with Gasteiger partial charge in [0.05, 0.1) is 6.54 Å². The second-order valence-corrected chi connectivity index (χ2v) is 7.82. The molecule has 0 saturated carbocycles. The van der Waals surface area contributed by atoms with Gasteiger partial charge in [-0.3, -0.25) is 19.3 Å². The Morgan fingerprint density at radius 1 is 0.903 bits per heavy atom. The maximum atomic E-state index is 12.4. The molecule has 7 heteroatoms. The van der Waals surface area contributed by atoms with Gasteiger partial charge in [0.15, 0.2) is 0 Å². The number of amides is 3. The van der Waals surface area contributed by atoms with Crippen LogP contribution in [-0.2, 0) is 9.59 Å². The first-order valence-electron chi connectivity index (χ1n) is 10.6. The van der Waals surface area contributed by atoms with E-state index in [0.29, 0.717) is 44.8 Å². The van der Waals surface area contributed by atoms with Crippen LogP contribution >= 0.6 is 0 Å². The molecule has 0 aliphatic carbocycles. The molecule has 2 aromatic carbocycles. The van der Waals surface area contributed by atoms with Crippen molar-refractivity contribution >= 4 is 23.4 Å². The monoisotopic (exact) mass is 422 g/mol. The summed E-state index contributed by atoms with van der Waals surface area (Å²) in [4.78, 5) is 40.7. The summed E-state index contributed by atoms with van der Waals surface area (Å²) in [7, 11) is 0. The molecule has 0 bridgehead atoms. The van der Waals surface area contributed by atoms with Crippen molar-refractivity contribution in [3.05, 3.63) is 65.2 Å². The van der Waals surface area contributed by atoms with Gasteiger partial charge in [0, 0.05) is 50.4 Å². The van der Waals surface area contributed by atoms with Crippen LogP contribution in [0.25, 0.3) is 0 Å². The van der Waals surface area contributed by atoms with E-state index in [-0.39, 0.29) is 24.1 Å². The third-order valence-corrected chi connectivity index (χ3v) is 5.63. The van der Waals surface area contributed by atoms with Gasteiger partial charge in [-0.15, -0.1) is 0 Å². The van der Waals surface area contributed by atoms with Crippen LogP contribution in [0.2, 0.25) is 0 Å². The highest BCUT2D eigenvalue weighted by atomic mass is 16.2. The van der Waals surface area contributed by atoms with Gasteiger partial charge in [-0.05, 0) is 43.2 Å². The van der Waals surface area contributed by atoms with Gasteiger partial charge < -0.3 is 15.5 Å². The summed E-state index contributed by atoms with van der Waals surface area (Å²) < 4.78 is 0. The number of benzene rings is 2. The van der Waals surface area contributed by atoms with Crippen LogP contribution in [-0.4, -0.2) is 66.8 Å². The molecule has 31 heavy (non-hydrogen) atoms. The number of nitrogens with one attached hydrogen (secondary N) is 2. The lowest BCUT2D eigenvalue weighted by molar-refractivity contribution is -0.132. The summed E-state index contributed by atoms with van der Waals surface area (Å²) in [6.45, 7) is 7.12. The van der Waals surface area contributed by atoms with E-state index in [2.05, 4.69) is 15.5 Å². The van der Waals surface area contributed by atoms with Crippen LogP contribution in [0.5, 0.6) is 0 Å². The molecule has 1 aliphatic heterocycles. The second-order valence-electron chi connectivity index (χ2n) is 7.82. The Morgan fingerprint density at radius 3 is 2.32 bits per heavy atom. The van der Waals surface area contributed by atoms with Gasteiger partial charge in [-0.25, -0.2) is 0 Å². The SMILES string of the molecule is Cc1cccc(NC(=O)CN2CCN(C(=O)CCNC(=O)c3ccccc3)CC2)c1C. The number of nitrogens with zero attached hydrogens (tertiary/aromatic N) is 2. The Morgan fingerprint density at radius 2 is 1.61 bits per heavy atom. The Labute approximate surface area is 183 Å². The third kappa shape index (κ3) is 6.39. The zero-order chi connectivity index (χ0) is 22.2. The van der Waals surface area contributed by atoms with Crippen molar-refractivity contribution in [1.29, 1.82) is 0 Å². The highest BCUT2D eigenvalue weighted by molar-refractivity contribution is 5.94. The highest BCUT2D eigenvalue weighted by Crippen LogP contribution is 2.18. The number of carbonyl (C=O) groups excluding carboxylic acids is 3. The Kier molecular flexibility index (Phi) is 7.78. The van der Waals surface area contributed by atoms with Crippen LogP contribution in [0, 0.1) is 13.8 Å². The maximum Gasteiger partial charge on any atom is 0.251 e. The van der Waals surface area contributed by atoms with Gasteiger partial charge >= 0.3 is 0 Å². The number of aryl methyl sites for hydroxylation is 1. The van der Waals surface area contributed by atoms with E-state index >= 15 is 0 Å². The summed E-state index contributed by atoms with van der Waals surface area (Å²) >= 11 is 0. The minimum atomic E-state index is -0.173. The van der Waals surface area contributed by atoms with Crippen molar-refractivity contribution in [2.24, 2.45) is 0 Å². The lowest BCUT2D eigenvalue weighted by atomic mass is 10.1. The molecule has 2 N–H and O–H groups in total. The van der Waals surface area contributed by atoms with E-state index in [4.69, 9.17) is 0 Å². The first-order valence-corrected chi connectivity index (χ1v) is 10.6. The Balaban J connectivity index is 1.37. The lowest BCUT2D eigenvalue weighted by Gasteiger charge is -2.34. The fraction of sp³-hybridized carbons (Fsp3) is 0.375. The number of rotatable bonds is 7. The van der Waals surface area contributed by atoms with Crippen LogP contribution in [0.3, 0.4) is 0 Å². The topological polar surface area (TPSA) is 81.8 Å². The molecule has 0 aromatic heterocycles. The average Bonchev–Trinajstić information content (AvgIpc) is 2.78. The summed E-state index contributed by atoms with van der Waals surface area (Å²) in [5, 5.41) is 5.77. The van der Waals surface area contributed by atoms with Gasteiger partial charge in [-0.2, -0.15) is 0 Å². The van der Waals surface area contributed by atoms with Crippen molar-refractivity contribution in [2.75, 3.05) is 44.6 Å². The fourth-order valence-corrected chi connectivity index (χ4v) is 3.57.